The normalized spacial score (nSPS) is 11.2. The molecule has 4 rings (SSSR count). The first-order valence-corrected chi connectivity index (χ1v) is 12.0. The zero-order valence-corrected chi connectivity index (χ0v) is 21.2. The molecule has 0 radical (unpaired) electrons. The van der Waals surface area contributed by atoms with E-state index in [9.17, 15) is 9.59 Å². The van der Waals surface area contributed by atoms with E-state index in [4.69, 9.17) is 14.1 Å². The molecule has 0 atom stereocenters. The first-order valence-electron chi connectivity index (χ1n) is 11.2. The number of para-hydroxylation sites is 2. The Kier molecular flexibility index (Phi) is 8.71. The lowest BCUT2D eigenvalue weighted by Crippen LogP contribution is -2.41. The topological polar surface area (TPSA) is 80.8 Å². The van der Waals surface area contributed by atoms with Crippen LogP contribution in [0.5, 0.6) is 5.75 Å². The lowest BCUT2D eigenvalue weighted by molar-refractivity contribution is -0.119. The second kappa shape index (κ2) is 11.5. The molecule has 34 heavy (non-hydrogen) atoms. The van der Waals surface area contributed by atoms with Crippen molar-refractivity contribution in [2.45, 2.75) is 27.3 Å². The van der Waals surface area contributed by atoms with E-state index < -0.39 is 5.76 Å². The highest BCUT2D eigenvalue weighted by Crippen LogP contribution is 2.32. The van der Waals surface area contributed by atoms with Crippen LogP contribution in [0.15, 0.2) is 51.7 Å². The predicted molar refractivity (Wildman–Crippen MR) is 139 cm³/mol. The van der Waals surface area contributed by atoms with Gasteiger partial charge in [-0.2, -0.15) is 0 Å². The molecular weight excluding hydrogens is 476 g/mol. The highest BCUT2D eigenvalue weighted by Gasteiger charge is 2.23. The van der Waals surface area contributed by atoms with E-state index in [1.807, 2.05) is 31.2 Å². The molecule has 10 heteroatoms. The fourth-order valence-electron chi connectivity index (χ4n) is 3.76. The van der Waals surface area contributed by atoms with Gasteiger partial charge in [-0.15, -0.1) is 12.4 Å². The number of rotatable bonds is 10. The van der Waals surface area contributed by atoms with Crippen molar-refractivity contribution >= 4 is 56.1 Å². The summed E-state index contributed by atoms with van der Waals surface area (Å²) in [5.74, 6) is 0.0245. The fraction of sp³-hybridized carbons (Fsp3) is 0.375. The zero-order chi connectivity index (χ0) is 23.4. The minimum Gasteiger partial charge on any atom is -0.494 e. The molecule has 1 amide bonds. The molecule has 0 saturated carbocycles. The average molecular weight is 505 g/mol. The third kappa shape index (κ3) is 5.43. The summed E-state index contributed by atoms with van der Waals surface area (Å²) in [6, 6.07) is 12.8. The van der Waals surface area contributed by atoms with Crippen LogP contribution in [-0.2, 0) is 11.3 Å². The molecule has 0 saturated heterocycles. The molecule has 2 aromatic carbocycles. The van der Waals surface area contributed by atoms with Gasteiger partial charge in [0, 0.05) is 13.1 Å². The summed E-state index contributed by atoms with van der Waals surface area (Å²) in [6.45, 7) is 9.57. The Bertz CT molecular complexity index is 1310. The molecule has 8 nitrogen and oxygen atoms in total. The Morgan fingerprint density at radius 3 is 2.62 bits per heavy atom. The molecule has 0 N–H and O–H groups in total. The van der Waals surface area contributed by atoms with Crippen LogP contribution in [0.3, 0.4) is 0 Å². The van der Waals surface area contributed by atoms with Gasteiger partial charge in [0.1, 0.15) is 12.3 Å². The Hall–Kier alpha value is -2.88. The summed E-state index contributed by atoms with van der Waals surface area (Å²) in [4.78, 5) is 34.6. The first-order chi connectivity index (χ1) is 16.0. The van der Waals surface area contributed by atoms with Crippen molar-refractivity contribution in [3.05, 3.63) is 53.0 Å². The molecule has 0 aliphatic carbocycles. The van der Waals surface area contributed by atoms with Crippen LogP contribution in [0.25, 0.3) is 21.3 Å². The molecule has 182 valence electrons. The van der Waals surface area contributed by atoms with Crippen molar-refractivity contribution in [3.63, 3.8) is 0 Å². The minimum absolute atomic E-state index is 0. The summed E-state index contributed by atoms with van der Waals surface area (Å²) in [7, 11) is 0. The van der Waals surface area contributed by atoms with Gasteiger partial charge in [0.25, 0.3) is 0 Å². The van der Waals surface area contributed by atoms with Crippen LogP contribution < -0.4 is 15.4 Å². The maximum absolute atomic E-state index is 13.5. The number of nitrogens with zero attached hydrogens (tertiary/aromatic N) is 4. The minimum atomic E-state index is -0.543. The number of thiazole rings is 1. The van der Waals surface area contributed by atoms with E-state index >= 15 is 0 Å². The number of ether oxygens (including phenoxy) is 1. The van der Waals surface area contributed by atoms with Crippen LogP contribution in [0.4, 0.5) is 5.13 Å². The second-order valence-electron chi connectivity index (χ2n) is 7.55. The van der Waals surface area contributed by atoms with Gasteiger partial charge in [-0.25, -0.2) is 9.78 Å². The number of hydrogen-bond acceptors (Lipinski definition) is 7. The van der Waals surface area contributed by atoms with E-state index in [2.05, 4.69) is 18.7 Å². The van der Waals surface area contributed by atoms with Gasteiger partial charge < -0.3 is 14.1 Å². The van der Waals surface area contributed by atoms with Gasteiger partial charge in [0.2, 0.25) is 5.91 Å². The highest BCUT2D eigenvalue weighted by atomic mass is 35.5. The predicted octanol–water partition coefficient (Wildman–Crippen LogP) is 4.40. The van der Waals surface area contributed by atoms with Gasteiger partial charge in [0.15, 0.2) is 10.7 Å². The molecule has 4 aromatic rings. The number of benzene rings is 2. The summed E-state index contributed by atoms with van der Waals surface area (Å²) < 4.78 is 13.2. The van der Waals surface area contributed by atoms with Crippen molar-refractivity contribution in [1.29, 1.82) is 0 Å². The molecule has 0 aliphatic heterocycles. The van der Waals surface area contributed by atoms with Crippen molar-refractivity contribution < 1.29 is 13.9 Å². The standard InChI is InChI=1S/C24H28N4O4S.ClH/c1-4-26(5-2)13-14-27(23-25-18-12-11-17(31-6-3)15-21(18)33-23)22(29)16-28-19-9-7-8-10-20(19)32-24(28)30;/h7-12,15H,4-6,13-14,16H2,1-3H3;1H. The van der Waals surface area contributed by atoms with E-state index in [0.717, 1.165) is 29.1 Å². The average Bonchev–Trinajstić information content (AvgIpc) is 3.37. The molecule has 2 heterocycles. The van der Waals surface area contributed by atoms with Gasteiger partial charge in [0.05, 0.1) is 22.3 Å². The number of carbonyl (C=O) groups excluding carboxylic acids is 1. The van der Waals surface area contributed by atoms with E-state index in [1.54, 1.807) is 23.1 Å². The molecule has 0 spiro atoms. The van der Waals surface area contributed by atoms with Crippen LogP contribution in [0, 0.1) is 0 Å². The number of oxazole rings is 1. The number of hydrogen-bond donors (Lipinski definition) is 0. The van der Waals surface area contributed by atoms with Gasteiger partial charge in [-0.1, -0.05) is 37.3 Å². The molecule has 0 aliphatic rings. The number of carbonyl (C=O) groups is 1. The summed E-state index contributed by atoms with van der Waals surface area (Å²) >= 11 is 1.45. The zero-order valence-electron chi connectivity index (χ0n) is 19.5. The van der Waals surface area contributed by atoms with E-state index in [0.29, 0.717) is 35.9 Å². The molecule has 0 bridgehead atoms. The smallest absolute Gasteiger partial charge is 0.420 e. The lowest BCUT2D eigenvalue weighted by atomic mass is 10.3. The maximum Gasteiger partial charge on any atom is 0.420 e. The summed E-state index contributed by atoms with van der Waals surface area (Å²) in [5.41, 5.74) is 1.88. The molecule has 0 unspecified atom stereocenters. The third-order valence-electron chi connectivity index (χ3n) is 5.59. The molecule has 0 fully saturated rings. The van der Waals surface area contributed by atoms with Crippen LogP contribution in [-0.4, -0.2) is 53.1 Å². The number of likely N-dealkylation sites (N-methyl/N-ethyl adjacent to an activating group) is 1. The van der Waals surface area contributed by atoms with Crippen LogP contribution >= 0.6 is 23.7 Å². The number of fused-ring (bicyclic) bond motifs is 2. The lowest BCUT2D eigenvalue weighted by Gasteiger charge is -2.24. The number of anilines is 1. The Morgan fingerprint density at radius 2 is 1.88 bits per heavy atom. The van der Waals surface area contributed by atoms with E-state index in [1.165, 1.54) is 15.9 Å². The summed E-state index contributed by atoms with van der Waals surface area (Å²) in [6.07, 6.45) is 0. The van der Waals surface area contributed by atoms with Gasteiger partial charge >= 0.3 is 5.76 Å². The van der Waals surface area contributed by atoms with Crippen molar-refractivity contribution in [2.75, 3.05) is 37.7 Å². The first kappa shape index (κ1) is 25.7. The largest absolute Gasteiger partial charge is 0.494 e. The third-order valence-corrected chi connectivity index (χ3v) is 6.63. The van der Waals surface area contributed by atoms with Crippen molar-refractivity contribution in [2.24, 2.45) is 0 Å². The SMILES string of the molecule is CCOc1ccc2nc(N(CCN(CC)CC)C(=O)Cn3c(=O)oc4ccccc43)sc2c1.Cl. The van der Waals surface area contributed by atoms with Crippen molar-refractivity contribution in [1.82, 2.24) is 14.5 Å². The Balaban J connectivity index is 0.00000324. The summed E-state index contributed by atoms with van der Waals surface area (Å²) in [5, 5.41) is 0.608. The Labute approximate surface area is 208 Å². The van der Waals surface area contributed by atoms with Crippen LogP contribution in [0.1, 0.15) is 20.8 Å². The van der Waals surface area contributed by atoms with Crippen molar-refractivity contribution in [3.8, 4) is 5.75 Å². The monoisotopic (exact) mass is 504 g/mol. The number of aromatic nitrogens is 2. The highest BCUT2D eigenvalue weighted by molar-refractivity contribution is 7.22. The number of amides is 1. The van der Waals surface area contributed by atoms with Gasteiger partial charge in [-0.05, 0) is 50.3 Å². The Morgan fingerprint density at radius 1 is 1.12 bits per heavy atom. The maximum atomic E-state index is 13.5. The quantitative estimate of drug-likeness (QED) is 0.318. The number of halogens is 1. The molecule has 2 aromatic heterocycles. The van der Waals surface area contributed by atoms with Gasteiger partial charge in [-0.3, -0.25) is 14.3 Å². The second-order valence-corrected chi connectivity index (χ2v) is 8.56. The molecular formula is C24H29ClN4O4S. The van der Waals surface area contributed by atoms with Crippen LogP contribution in [0.2, 0.25) is 0 Å². The fourth-order valence-corrected chi connectivity index (χ4v) is 4.79. The van der Waals surface area contributed by atoms with E-state index in [-0.39, 0.29) is 24.9 Å².